The van der Waals surface area contributed by atoms with Crippen molar-refractivity contribution in [1.29, 1.82) is 0 Å². The number of nitrogens with one attached hydrogen (secondary N) is 2. The Morgan fingerprint density at radius 2 is 1.83 bits per heavy atom. The molecule has 0 unspecified atom stereocenters. The zero-order valence-corrected chi connectivity index (χ0v) is 16.2. The van der Waals surface area contributed by atoms with E-state index < -0.39 is 0 Å². The zero-order chi connectivity index (χ0) is 18.2. The van der Waals surface area contributed by atoms with Gasteiger partial charge in [-0.2, -0.15) is 0 Å². The average molecular weight is 344 g/mol. The lowest BCUT2D eigenvalue weighted by atomic mass is 10.3. The van der Waals surface area contributed by atoms with Crippen LogP contribution in [0.1, 0.15) is 33.6 Å². The lowest BCUT2D eigenvalue weighted by Crippen LogP contribution is -2.40. The smallest absolute Gasteiger partial charge is 0.224 e. The van der Waals surface area contributed by atoms with E-state index in [9.17, 15) is 4.79 Å². The molecule has 2 N–H and O–H groups in total. The Bertz CT molecular complexity index is 346. The van der Waals surface area contributed by atoms with Crippen molar-refractivity contribution >= 4 is 11.9 Å². The van der Waals surface area contributed by atoms with E-state index in [4.69, 9.17) is 4.74 Å². The first kappa shape index (κ1) is 22.7. The van der Waals surface area contributed by atoms with Crippen molar-refractivity contribution in [3.8, 4) is 0 Å². The Labute approximate surface area is 147 Å². The quantitative estimate of drug-likeness (QED) is 0.294. The molecule has 0 saturated heterocycles. The Morgan fingerprint density at radius 1 is 1.12 bits per heavy atom. The molecule has 0 aromatic rings. The minimum atomic E-state index is 0.182. The molecule has 0 aromatic heterocycles. The summed E-state index contributed by atoms with van der Waals surface area (Å²) in [5.41, 5.74) is 0. The lowest BCUT2D eigenvalue weighted by molar-refractivity contribution is -0.130. The standard InChI is InChI=1S/C17H37N5O2/c1-6-18-17(19-11-10-16(23)22(7-2)8-3)20-12-14-21(4)13-9-15-24-5/h6-15H2,1-5H3,(H2,18,19,20). The molecule has 24 heavy (non-hydrogen) atoms. The number of aliphatic imine (C=N–C) groups is 1. The predicted molar refractivity (Wildman–Crippen MR) is 101 cm³/mol. The second-order valence-electron chi connectivity index (χ2n) is 5.65. The topological polar surface area (TPSA) is 69.2 Å². The van der Waals surface area contributed by atoms with Crippen LogP contribution in [0.25, 0.3) is 0 Å². The van der Waals surface area contributed by atoms with Crippen molar-refractivity contribution in [1.82, 2.24) is 20.4 Å². The van der Waals surface area contributed by atoms with Crippen molar-refractivity contribution in [2.75, 3.05) is 66.6 Å². The van der Waals surface area contributed by atoms with E-state index in [2.05, 4.69) is 27.6 Å². The Balaban J connectivity index is 4.12. The number of ether oxygens (including phenoxy) is 1. The van der Waals surface area contributed by atoms with Gasteiger partial charge in [0.15, 0.2) is 5.96 Å². The SMILES string of the molecule is CCNC(=NCCN(C)CCCOC)NCCC(=O)N(CC)CC. The van der Waals surface area contributed by atoms with Crippen LogP contribution in [0, 0.1) is 0 Å². The van der Waals surface area contributed by atoms with Crippen molar-refractivity contribution in [3.63, 3.8) is 0 Å². The molecule has 0 radical (unpaired) electrons. The van der Waals surface area contributed by atoms with E-state index in [1.165, 1.54) is 0 Å². The van der Waals surface area contributed by atoms with Crippen LogP contribution in [-0.2, 0) is 9.53 Å². The highest BCUT2D eigenvalue weighted by Crippen LogP contribution is 1.93. The van der Waals surface area contributed by atoms with E-state index >= 15 is 0 Å². The fourth-order valence-electron chi connectivity index (χ4n) is 2.29. The first-order valence-electron chi connectivity index (χ1n) is 9.06. The average Bonchev–Trinajstić information content (AvgIpc) is 2.56. The van der Waals surface area contributed by atoms with Crippen molar-refractivity contribution in [2.45, 2.75) is 33.6 Å². The van der Waals surface area contributed by atoms with Crippen molar-refractivity contribution in [2.24, 2.45) is 4.99 Å². The maximum atomic E-state index is 12.0. The first-order chi connectivity index (χ1) is 11.6. The van der Waals surface area contributed by atoms with Gasteiger partial charge < -0.3 is 25.2 Å². The third-order valence-electron chi connectivity index (χ3n) is 3.73. The minimum Gasteiger partial charge on any atom is -0.385 e. The molecule has 0 aliphatic rings. The Morgan fingerprint density at radius 3 is 2.42 bits per heavy atom. The van der Waals surface area contributed by atoms with Gasteiger partial charge in [0.1, 0.15) is 0 Å². The molecule has 0 heterocycles. The molecule has 7 nitrogen and oxygen atoms in total. The lowest BCUT2D eigenvalue weighted by Gasteiger charge is -2.19. The van der Waals surface area contributed by atoms with Crippen LogP contribution >= 0.6 is 0 Å². The molecule has 0 aromatic carbocycles. The molecule has 0 rings (SSSR count). The number of carbonyl (C=O) groups excluding carboxylic acids is 1. The van der Waals surface area contributed by atoms with E-state index in [1.807, 2.05) is 25.7 Å². The first-order valence-corrected chi connectivity index (χ1v) is 9.06. The minimum absolute atomic E-state index is 0.182. The highest BCUT2D eigenvalue weighted by Gasteiger charge is 2.09. The normalized spacial score (nSPS) is 11.7. The van der Waals surface area contributed by atoms with Gasteiger partial charge in [0, 0.05) is 59.4 Å². The molecule has 0 atom stereocenters. The number of rotatable bonds is 13. The van der Waals surface area contributed by atoms with Crippen molar-refractivity contribution in [3.05, 3.63) is 0 Å². The third kappa shape index (κ3) is 11.2. The van der Waals surface area contributed by atoms with E-state index in [0.717, 1.165) is 58.3 Å². The van der Waals surface area contributed by atoms with Crippen molar-refractivity contribution < 1.29 is 9.53 Å². The number of nitrogens with zero attached hydrogens (tertiary/aromatic N) is 3. The molecule has 0 spiro atoms. The summed E-state index contributed by atoms with van der Waals surface area (Å²) in [7, 11) is 3.82. The number of hydrogen-bond donors (Lipinski definition) is 2. The highest BCUT2D eigenvalue weighted by molar-refractivity contribution is 5.81. The van der Waals surface area contributed by atoms with Crippen LogP contribution in [0.15, 0.2) is 4.99 Å². The summed E-state index contributed by atoms with van der Waals surface area (Å²) in [5.74, 6) is 0.955. The summed E-state index contributed by atoms with van der Waals surface area (Å²) in [6.45, 7) is 12.4. The van der Waals surface area contributed by atoms with Gasteiger partial charge in [0.05, 0.1) is 6.54 Å². The van der Waals surface area contributed by atoms with Crippen LogP contribution in [0.4, 0.5) is 0 Å². The van der Waals surface area contributed by atoms with Gasteiger partial charge >= 0.3 is 0 Å². The number of carbonyl (C=O) groups is 1. The molecular weight excluding hydrogens is 306 g/mol. The number of hydrogen-bond acceptors (Lipinski definition) is 4. The molecule has 0 aliphatic heterocycles. The van der Waals surface area contributed by atoms with E-state index in [0.29, 0.717) is 13.0 Å². The zero-order valence-electron chi connectivity index (χ0n) is 16.2. The van der Waals surface area contributed by atoms with Gasteiger partial charge in [-0.05, 0) is 34.2 Å². The van der Waals surface area contributed by atoms with Gasteiger partial charge in [0.2, 0.25) is 5.91 Å². The van der Waals surface area contributed by atoms with Gasteiger partial charge in [-0.15, -0.1) is 0 Å². The van der Waals surface area contributed by atoms with Gasteiger partial charge in [-0.3, -0.25) is 9.79 Å². The van der Waals surface area contributed by atoms with Gasteiger partial charge in [0.25, 0.3) is 0 Å². The van der Waals surface area contributed by atoms with E-state index in [-0.39, 0.29) is 5.91 Å². The number of likely N-dealkylation sites (N-methyl/N-ethyl adjacent to an activating group) is 1. The van der Waals surface area contributed by atoms with E-state index in [1.54, 1.807) is 7.11 Å². The maximum absolute atomic E-state index is 12.0. The van der Waals surface area contributed by atoms with Crippen LogP contribution in [-0.4, -0.2) is 88.2 Å². The summed E-state index contributed by atoms with van der Waals surface area (Å²) in [5, 5.41) is 6.45. The summed E-state index contributed by atoms with van der Waals surface area (Å²) in [6.07, 6.45) is 1.52. The largest absolute Gasteiger partial charge is 0.385 e. The Hall–Kier alpha value is -1.34. The van der Waals surface area contributed by atoms with Gasteiger partial charge in [-0.1, -0.05) is 0 Å². The number of amides is 1. The summed E-state index contributed by atoms with van der Waals surface area (Å²) in [4.78, 5) is 20.6. The molecule has 7 heteroatoms. The maximum Gasteiger partial charge on any atom is 0.224 e. The van der Waals surface area contributed by atoms with Crippen LogP contribution in [0.3, 0.4) is 0 Å². The van der Waals surface area contributed by atoms with Crippen LogP contribution in [0.2, 0.25) is 0 Å². The fraction of sp³-hybridized carbons (Fsp3) is 0.882. The summed E-state index contributed by atoms with van der Waals surface area (Å²) < 4.78 is 5.06. The van der Waals surface area contributed by atoms with Gasteiger partial charge in [-0.25, -0.2) is 0 Å². The highest BCUT2D eigenvalue weighted by atomic mass is 16.5. The molecular formula is C17H37N5O2. The molecule has 0 bridgehead atoms. The summed E-state index contributed by atoms with van der Waals surface area (Å²) in [6, 6.07) is 0. The second-order valence-corrected chi connectivity index (χ2v) is 5.65. The summed E-state index contributed by atoms with van der Waals surface area (Å²) >= 11 is 0. The monoisotopic (exact) mass is 343 g/mol. The second kappa shape index (κ2) is 15.2. The molecule has 0 saturated carbocycles. The number of methoxy groups -OCH3 is 1. The molecule has 142 valence electrons. The van der Waals surface area contributed by atoms with Crippen LogP contribution < -0.4 is 10.6 Å². The molecule has 0 fully saturated rings. The third-order valence-corrected chi connectivity index (χ3v) is 3.73. The Kier molecular flexibility index (Phi) is 14.4. The predicted octanol–water partition coefficient (Wildman–Crippen LogP) is 0.768. The molecule has 0 aliphatic carbocycles. The molecule has 1 amide bonds. The fourth-order valence-corrected chi connectivity index (χ4v) is 2.29. The number of guanidine groups is 1. The van der Waals surface area contributed by atoms with Crippen LogP contribution in [0.5, 0.6) is 0 Å².